The van der Waals surface area contributed by atoms with E-state index in [4.69, 9.17) is 0 Å². The molecule has 120 valence electrons. The molecule has 3 aromatic rings. The second kappa shape index (κ2) is 6.91. The van der Waals surface area contributed by atoms with Crippen molar-refractivity contribution >= 4 is 27.5 Å². The van der Waals surface area contributed by atoms with Gasteiger partial charge in [-0.25, -0.2) is 9.97 Å². The molecule has 0 aliphatic rings. The molecule has 0 saturated carbocycles. The number of aryl methyl sites for hydroxylation is 1. The highest BCUT2D eigenvalue weighted by atomic mass is 32.1. The predicted molar refractivity (Wildman–Crippen MR) is 92.6 cm³/mol. The number of nitrogens with one attached hydrogen (secondary N) is 1. The van der Waals surface area contributed by atoms with Gasteiger partial charge in [0.2, 0.25) is 5.91 Å². The van der Waals surface area contributed by atoms with Crippen LogP contribution < -0.4 is 5.32 Å². The molecule has 0 spiro atoms. The zero-order valence-electron chi connectivity index (χ0n) is 13.3. The number of carbonyl (C=O) groups is 1. The van der Waals surface area contributed by atoms with E-state index in [1.807, 2.05) is 42.8 Å². The number of hydrogen-bond acceptors (Lipinski definition) is 4. The summed E-state index contributed by atoms with van der Waals surface area (Å²) in [6, 6.07) is 8.21. The average molecular weight is 328 g/mol. The first-order chi connectivity index (χ1) is 11.1. The largest absolute Gasteiger partial charge is 0.356 e. The first-order valence-electron chi connectivity index (χ1n) is 7.74. The number of nitrogens with zero attached hydrogens (tertiary/aromatic N) is 3. The van der Waals surface area contributed by atoms with Crippen LogP contribution >= 0.6 is 11.3 Å². The fraction of sp³-hybridized carbons (Fsp3) is 0.353. The molecule has 3 rings (SSSR count). The third-order valence-corrected chi connectivity index (χ3v) is 4.91. The van der Waals surface area contributed by atoms with Gasteiger partial charge in [0, 0.05) is 37.8 Å². The molecule has 0 radical (unpaired) electrons. The van der Waals surface area contributed by atoms with Gasteiger partial charge in [0.15, 0.2) is 0 Å². The topological polar surface area (TPSA) is 59.8 Å². The number of fused-ring (bicyclic) bond motifs is 1. The Bertz CT molecular complexity index is 775. The van der Waals surface area contributed by atoms with E-state index < -0.39 is 0 Å². The first kappa shape index (κ1) is 15.7. The van der Waals surface area contributed by atoms with E-state index in [2.05, 4.69) is 21.4 Å². The number of benzene rings is 1. The molecule has 23 heavy (non-hydrogen) atoms. The zero-order chi connectivity index (χ0) is 16.2. The van der Waals surface area contributed by atoms with Crippen molar-refractivity contribution in [3.63, 3.8) is 0 Å². The van der Waals surface area contributed by atoms with Crippen molar-refractivity contribution in [3.05, 3.63) is 47.5 Å². The van der Waals surface area contributed by atoms with Crippen LogP contribution in [0, 0.1) is 6.92 Å². The Kier molecular flexibility index (Phi) is 4.71. The number of carbonyl (C=O) groups excluding carboxylic acids is 1. The smallest absolute Gasteiger partial charge is 0.222 e. The third-order valence-electron chi connectivity index (χ3n) is 3.82. The third kappa shape index (κ3) is 3.76. The predicted octanol–water partition coefficient (Wildman–Crippen LogP) is 3.11. The standard InChI is InChI=1S/C17H20N4OS/c1-12(21-10-9-18-13(21)2)11-16(22)19-8-7-17-20-14-5-3-4-6-15(14)23-17/h3-6,9-10,12H,7-8,11H2,1-2H3,(H,19,22)/t12-/m0/s1. The number of rotatable bonds is 6. The molecule has 0 bridgehead atoms. The number of thiazole rings is 1. The molecule has 0 aliphatic carbocycles. The van der Waals surface area contributed by atoms with Gasteiger partial charge in [-0.05, 0) is 26.0 Å². The van der Waals surface area contributed by atoms with Gasteiger partial charge in [-0.1, -0.05) is 12.1 Å². The normalized spacial score (nSPS) is 12.4. The maximum Gasteiger partial charge on any atom is 0.222 e. The quantitative estimate of drug-likeness (QED) is 0.756. The Hall–Kier alpha value is -2.21. The van der Waals surface area contributed by atoms with Gasteiger partial charge in [-0.3, -0.25) is 4.79 Å². The maximum atomic E-state index is 12.1. The number of hydrogen-bond donors (Lipinski definition) is 1. The lowest BCUT2D eigenvalue weighted by Crippen LogP contribution is -2.27. The maximum absolute atomic E-state index is 12.1. The summed E-state index contributed by atoms with van der Waals surface area (Å²) in [5, 5.41) is 4.04. The van der Waals surface area contributed by atoms with Crippen molar-refractivity contribution in [2.45, 2.75) is 32.7 Å². The minimum absolute atomic E-state index is 0.0618. The Morgan fingerprint density at radius 3 is 2.96 bits per heavy atom. The molecule has 0 aliphatic heterocycles. The summed E-state index contributed by atoms with van der Waals surface area (Å²) in [6.07, 6.45) is 4.89. The average Bonchev–Trinajstić information content (AvgIpc) is 3.12. The van der Waals surface area contributed by atoms with Gasteiger partial charge in [0.1, 0.15) is 5.82 Å². The van der Waals surface area contributed by atoms with Crippen molar-refractivity contribution in [2.24, 2.45) is 0 Å². The van der Waals surface area contributed by atoms with Crippen LogP contribution in [-0.4, -0.2) is 27.0 Å². The second-order valence-electron chi connectivity index (χ2n) is 5.61. The molecular formula is C17H20N4OS. The molecule has 1 N–H and O–H groups in total. The fourth-order valence-corrected chi connectivity index (χ4v) is 3.59. The van der Waals surface area contributed by atoms with E-state index in [-0.39, 0.29) is 11.9 Å². The molecule has 2 heterocycles. The van der Waals surface area contributed by atoms with Crippen LogP contribution in [0.5, 0.6) is 0 Å². The lowest BCUT2D eigenvalue weighted by atomic mass is 10.2. The van der Waals surface area contributed by atoms with Gasteiger partial charge in [-0.15, -0.1) is 11.3 Å². The first-order valence-corrected chi connectivity index (χ1v) is 8.55. The van der Waals surface area contributed by atoms with E-state index in [0.29, 0.717) is 13.0 Å². The van der Waals surface area contributed by atoms with Crippen molar-refractivity contribution < 1.29 is 4.79 Å². The molecular weight excluding hydrogens is 308 g/mol. The van der Waals surface area contributed by atoms with Gasteiger partial charge < -0.3 is 9.88 Å². The van der Waals surface area contributed by atoms with Crippen LogP contribution in [0.2, 0.25) is 0 Å². The summed E-state index contributed by atoms with van der Waals surface area (Å²) >= 11 is 1.69. The Balaban J connectivity index is 1.48. The monoisotopic (exact) mass is 328 g/mol. The van der Waals surface area contributed by atoms with E-state index in [1.54, 1.807) is 17.5 Å². The molecule has 6 heteroatoms. The molecule has 1 amide bonds. The van der Waals surface area contributed by atoms with Crippen molar-refractivity contribution in [1.82, 2.24) is 19.9 Å². The molecule has 1 atom stereocenters. The van der Waals surface area contributed by atoms with E-state index in [0.717, 1.165) is 22.8 Å². The highest BCUT2D eigenvalue weighted by Crippen LogP contribution is 2.21. The van der Waals surface area contributed by atoms with Crippen molar-refractivity contribution in [2.75, 3.05) is 6.54 Å². The highest BCUT2D eigenvalue weighted by molar-refractivity contribution is 7.18. The number of aromatic nitrogens is 3. The molecule has 0 saturated heterocycles. The van der Waals surface area contributed by atoms with Crippen LogP contribution in [0.3, 0.4) is 0 Å². The summed E-state index contributed by atoms with van der Waals surface area (Å²) in [7, 11) is 0. The lowest BCUT2D eigenvalue weighted by Gasteiger charge is -2.14. The highest BCUT2D eigenvalue weighted by Gasteiger charge is 2.12. The van der Waals surface area contributed by atoms with Crippen molar-refractivity contribution in [1.29, 1.82) is 0 Å². The molecule has 2 aromatic heterocycles. The summed E-state index contributed by atoms with van der Waals surface area (Å²) in [4.78, 5) is 20.8. The van der Waals surface area contributed by atoms with Gasteiger partial charge >= 0.3 is 0 Å². The number of para-hydroxylation sites is 1. The van der Waals surface area contributed by atoms with Gasteiger partial charge in [-0.2, -0.15) is 0 Å². The Labute approximate surface area is 139 Å². The summed E-state index contributed by atoms with van der Waals surface area (Å²) < 4.78 is 3.21. The molecule has 5 nitrogen and oxygen atoms in total. The number of imidazole rings is 1. The Morgan fingerprint density at radius 2 is 2.22 bits per heavy atom. The summed E-state index contributed by atoms with van der Waals surface area (Å²) in [5.41, 5.74) is 1.03. The van der Waals surface area contributed by atoms with Gasteiger partial charge in [0.25, 0.3) is 0 Å². The minimum atomic E-state index is 0.0618. The number of amides is 1. The van der Waals surface area contributed by atoms with Crippen LogP contribution in [-0.2, 0) is 11.2 Å². The minimum Gasteiger partial charge on any atom is -0.356 e. The van der Waals surface area contributed by atoms with Crippen LogP contribution in [0.25, 0.3) is 10.2 Å². The second-order valence-corrected chi connectivity index (χ2v) is 6.73. The van der Waals surface area contributed by atoms with Crippen molar-refractivity contribution in [3.8, 4) is 0 Å². The van der Waals surface area contributed by atoms with Crippen LogP contribution in [0.1, 0.15) is 30.2 Å². The van der Waals surface area contributed by atoms with Crippen LogP contribution in [0.4, 0.5) is 0 Å². The van der Waals surface area contributed by atoms with Gasteiger partial charge in [0.05, 0.1) is 15.2 Å². The Morgan fingerprint density at radius 1 is 1.39 bits per heavy atom. The fourth-order valence-electron chi connectivity index (χ4n) is 2.63. The molecule has 1 aromatic carbocycles. The summed E-state index contributed by atoms with van der Waals surface area (Å²) in [6.45, 7) is 4.59. The van der Waals surface area contributed by atoms with E-state index >= 15 is 0 Å². The van der Waals surface area contributed by atoms with E-state index in [1.165, 1.54) is 4.70 Å². The van der Waals surface area contributed by atoms with E-state index in [9.17, 15) is 4.79 Å². The zero-order valence-corrected chi connectivity index (χ0v) is 14.1. The van der Waals surface area contributed by atoms with Crippen LogP contribution in [0.15, 0.2) is 36.7 Å². The lowest BCUT2D eigenvalue weighted by molar-refractivity contribution is -0.121. The molecule has 0 fully saturated rings. The SMILES string of the molecule is Cc1nccn1[C@@H](C)CC(=O)NCCc1nc2ccccc2s1. The molecule has 0 unspecified atom stereocenters. The summed E-state index contributed by atoms with van der Waals surface area (Å²) in [5.74, 6) is 0.992.